The van der Waals surface area contributed by atoms with Crippen LogP contribution in [0.1, 0.15) is 5.56 Å². The molecule has 0 aliphatic rings. The molecular weight excluding hydrogens is 422 g/mol. The number of nitrogens with zero attached hydrogens (tertiary/aromatic N) is 2. The minimum atomic E-state index is -0.380. The Morgan fingerprint density at radius 3 is 2.73 bits per heavy atom. The van der Waals surface area contributed by atoms with Crippen LogP contribution >= 0.6 is 22.9 Å². The highest BCUT2D eigenvalue weighted by Crippen LogP contribution is 2.31. The van der Waals surface area contributed by atoms with Crippen molar-refractivity contribution in [1.29, 1.82) is 0 Å². The molecule has 8 heteroatoms. The zero-order chi connectivity index (χ0) is 21.3. The van der Waals surface area contributed by atoms with E-state index in [2.05, 4.69) is 10.3 Å². The number of amides is 1. The number of nitrogens with one attached hydrogen (secondary N) is 1. The zero-order valence-corrected chi connectivity index (χ0v) is 17.9. The fourth-order valence-corrected chi connectivity index (χ4v) is 4.26. The van der Waals surface area contributed by atoms with E-state index in [1.807, 2.05) is 36.6 Å². The minimum Gasteiger partial charge on any atom is -0.495 e. The maximum atomic E-state index is 12.9. The quantitative estimate of drug-likeness (QED) is 0.487. The summed E-state index contributed by atoms with van der Waals surface area (Å²) in [5.41, 5.74) is 3.90. The third kappa shape index (κ3) is 3.94. The summed E-state index contributed by atoms with van der Waals surface area (Å²) in [6, 6.07) is 13.0. The van der Waals surface area contributed by atoms with Gasteiger partial charge >= 0.3 is 0 Å². The van der Waals surface area contributed by atoms with E-state index in [1.54, 1.807) is 18.2 Å². The van der Waals surface area contributed by atoms with Crippen LogP contribution in [0.25, 0.3) is 21.3 Å². The Morgan fingerprint density at radius 2 is 2.00 bits per heavy atom. The van der Waals surface area contributed by atoms with Gasteiger partial charge in [-0.1, -0.05) is 41.4 Å². The van der Waals surface area contributed by atoms with Gasteiger partial charge in [-0.3, -0.25) is 14.2 Å². The highest BCUT2D eigenvalue weighted by atomic mass is 35.5. The molecule has 0 aliphatic heterocycles. The molecule has 1 amide bonds. The summed E-state index contributed by atoms with van der Waals surface area (Å²) in [4.78, 5) is 29.9. The lowest BCUT2D eigenvalue weighted by Crippen LogP contribution is -2.27. The summed E-state index contributed by atoms with van der Waals surface area (Å²) in [6.07, 6.45) is 1.41. The third-order valence-electron chi connectivity index (χ3n) is 4.66. The topological polar surface area (TPSA) is 73.2 Å². The van der Waals surface area contributed by atoms with E-state index in [1.165, 1.54) is 29.3 Å². The van der Waals surface area contributed by atoms with Crippen molar-refractivity contribution in [2.45, 2.75) is 13.5 Å². The van der Waals surface area contributed by atoms with Crippen LogP contribution in [0.3, 0.4) is 0 Å². The number of ether oxygens (including phenoxy) is 1. The molecule has 0 atom stereocenters. The van der Waals surface area contributed by atoms with E-state index in [-0.39, 0.29) is 18.0 Å². The molecule has 0 unspecified atom stereocenters. The predicted molar refractivity (Wildman–Crippen MR) is 121 cm³/mol. The van der Waals surface area contributed by atoms with Crippen molar-refractivity contribution in [1.82, 2.24) is 9.55 Å². The minimum absolute atomic E-state index is 0.171. The normalized spacial score (nSPS) is 10.9. The molecule has 0 saturated heterocycles. The maximum Gasteiger partial charge on any atom is 0.271 e. The van der Waals surface area contributed by atoms with Gasteiger partial charge in [0.25, 0.3) is 5.56 Å². The third-order valence-corrected chi connectivity index (χ3v) is 5.85. The van der Waals surface area contributed by atoms with Crippen LogP contribution in [-0.4, -0.2) is 22.6 Å². The van der Waals surface area contributed by atoms with Gasteiger partial charge in [0.15, 0.2) is 0 Å². The van der Waals surface area contributed by atoms with E-state index < -0.39 is 0 Å². The number of fused-ring (bicyclic) bond motifs is 1. The smallest absolute Gasteiger partial charge is 0.271 e. The van der Waals surface area contributed by atoms with Crippen LogP contribution in [0.5, 0.6) is 5.75 Å². The Hall–Kier alpha value is -3.16. The SMILES string of the molecule is COc1ccc(Cl)cc1NC(=O)Cn1cnc2c(-c3ccc(C)cc3)csc2c1=O. The molecule has 0 aliphatic carbocycles. The number of methoxy groups -OCH3 is 1. The van der Waals surface area contributed by atoms with Crippen LogP contribution in [0.2, 0.25) is 5.02 Å². The number of carbonyl (C=O) groups is 1. The number of aromatic nitrogens is 2. The van der Waals surface area contributed by atoms with Gasteiger partial charge in [-0.25, -0.2) is 4.98 Å². The second-order valence-corrected chi connectivity index (χ2v) is 8.08. The van der Waals surface area contributed by atoms with Crippen molar-refractivity contribution < 1.29 is 9.53 Å². The predicted octanol–water partition coefficient (Wildman–Crippen LogP) is 4.73. The Bertz CT molecular complexity index is 1300. The van der Waals surface area contributed by atoms with Gasteiger partial charge < -0.3 is 10.1 Å². The molecule has 1 N–H and O–H groups in total. The van der Waals surface area contributed by atoms with Crippen LogP contribution in [-0.2, 0) is 11.3 Å². The number of aryl methyl sites for hydroxylation is 1. The number of hydrogen-bond acceptors (Lipinski definition) is 5. The first-order valence-corrected chi connectivity index (χ1v) is 10.4. The average molecular weight is 440 g/mol. The number of thiophene rings is 1. The molecule has 30 heavy (non-hydrogen) atoms. The number of hydrogen-bond donors (Lipinski definition) is 1. The van der Waals surface area contributed by atoms with Crippen LogP contribution < -0.4 is 15.6 Å². The summed E-state index contributed by atoms with van der Waals surface area (Å²) in [5.74, 6) is 0.101. The Balaban J connectivity index is 1.60. The van der Waals surface area contributed by atoms with Crippen molar-refractivity contribution in [3.05, 3.63) is 75.1 Å². The molecule has 0 spiro atoms. The first kappa shape index (κ1) is 20.1. The number of carbonyl (C=O) groups excluding carboxylic acids is 1. The fraction of sp³-hybridized carbons (Fsp3) is 0.136. The summed E-state index contributed by atoms with van der Waals surface area (Å²) in [7, 11) is 1.50. The molecule has 4 aromatic rings. The molecular formula is C22H18ClN3O3S. The van der Waals surface area contributed by atoms with E-state index in [4.69, 9.17) is 16.3 Å². The molecule has 6 nitrogen and oxygen atoms in total. The number of benzene rings is 2. The van der Waals surface area contributed by atoms with Gasteiger partial charge in [0.05, 0.1) is 24.6 Å². The summed E-state index contributed by atoms with van der Waals surface area (Å²) in [5, 5.41) is 5.12. The van der Waals surface area contributed by atoms with E-state index in [0.717, 1.165) is 16.7 Å². The highest BCUT2D eigenvalue weighted by Gasteiger charge is 2.15. The molecule has 0 saturated carbocycles. The molecule has 2 aromatic heterocycles. The molecule has 2 heterocycles. The van der Waals surface area contributed by atoms with E-state index >= 15 is 0 Å². The first-order chi connectivity index (χ1) is 14.5. The number of rotatable bonds is 5. The van der Waals surface area contributed by atoms with Crippen LogP contribution in [0, 0.1) is 6.92 Å². The van der Waals surface area contributed by atoms with Crippen molar-refractivity contribution in [3.63, 3.8) is 0 Å². The van der Waals surface area contributed by atoms with Gasteiger partial charge in [-0.2, -0.15) is 0 Å². The second kappa shape index (κ2) is 8.30. The maximum absolute atomic E-state index is 12.9. The number of anilines is 1. The zero-order valence-electron chi connectivity index (χ0n) is 16.3. The molecule has 0 radical (unpaired) electrons. The second-order valence-electron chi connectivity index (χ2n) is 6.76. The van der Waals surface area contributed by atoms with Gasteiger partial charge in [-0.15, -0.1) is 11.3 Å². The van der Waals surface area contributed by atoms with E-state index in [0.29, 0.717) is 26.7 Å². The van der Waals surface area contributed by atoms with Gasteiger partial charge in [0, 0.05) is 16.0 Å². The Kier molecular flexibility index (Phi) is 5.57. The largest absolute Gasteiger partial charge is 0.495 e. The van der Waals surface area contributed by atoms with Crippen molar-refractivity contribution >= 4 is 44.7 Å². The molecule has 0 bridgehead atoms. The lowest BCUT2D eigenvalue weighted by Gasteiger charge is -2.11. The van der Waals surface area contributed by atoms with Crippen molar-refractivity contribution in [3.8, 4) is 16.9 Å². The summed E-state index contributed by atoms with van der Waals surface area (Å²) >= 11 is 7.33. The average Bonchev–Trinajstić information content (AvgIpc) is 3.16. The standard InChI is InChI=1S/C22H18ClN3O3S/c1-13-3-5-14(6-4-13)16-11-30-21-20(16)24-12-26(22(21)28)10-19(27)25-17-9-15(23)7-8-18(17)29-2/h3-9,11-12H,10H2,1-2H3,(H,25,27). The monoisotopic (exact) mass is 439 g/mol. The van der Waals surface area contributed by atoms with Gasteiger partial charge in [0.1, 0.15) is 17.0 Å². The first-order valence-electron chi connectivity index (χ1n) is 9.13. The molecule has 0 fully saturated rings. The van der Waals surface area contributed by atoms with E-state index in [9.17, 15) is 9.59 Å². The van der Waals surface area contributed by atoms with Crippen molar-refractivity contribution in [2.24, 2.45) is 0 Å². The Labute approximate surface area is 181 Å². The van der Waals surface area contributed by atoms with Gasteiger partial charge in [0.2, 0.25) is 5.91 Å². The summed E-state index contributed by atoms with van der Waals surface area (Å²) in [6.45, 7) is 1.85. The number of halogens is 1. The lowest BCUT2D eigenvalue weighted by atomic mass is 10.1. The van der Waals surface area contributed by atoms with Crippen LogP contribution in [0.4, 0.5) is 5.69 Å². The molecule has 152 valence electrons. The molecule has 4 rings (SSSR count). The van der Waals surface area contributed by atoms with Crippen LogP contribution in [0.15, 0.2) is 59.0 Å². The molecule has 2 aromatic carbocycles. The Morgan fingerprint density at radius 1 is 1.23 bits per heavy atom. The highest BCUT2D eigenvalue weighted by molar-refractivity contribution is 7.17. The fourth-order valence-electron chi connectivity index (χ4n) is 3.11. The lowest BCUT2D eigenvalue weighted by molar-refractivity contribution is -0.116. The summed E-state index contributed by atoms with van der Waals surface area (Å²) < 4.78 is 7.04. The van der Waals surface area contributed by atoms with Gasteiger partial charge in [-0.05, 0) is 30.7 Å². The van der Waals surface area contributed by atoms with Crippen molar-refractivity contribution in [2.75, 3.05) is 12.4 Å².